The van der Waals surface area contributed by atoms with Crippen LogP contribution in [0.3, 0.4) is 0 Å². The van der Waals surface area contributed by atoms with Crippen LogP contribution >= 0.6 is 11.6 Å². The molecule has 134 valence electrons. The van der Waals surface area contributed by atoms with Crippen LogP contribution in [0.2, 0.25) is 5.02 Å². The molecule has 7 nitrogen and oxygen atoms in total. The first-order chi connectivity index (χ1) is 12.4. The SMILES string of the molecule is CCOC(=O)c1ccc(NC(=O)/C=C/c2ccc(Cl)c([N+](=O)[O-])c2)cc1. The Morgan fingerprint density at radius 1 is 1.23 bits per heavy atom. The van der Waals surface area contributed by atoms with E-state index in [9.17, 15) is 19.7 Å². The van der Waals surface area contributed by atoms with Gasteiger partial charge < -0.3 is 10.1 Å². The van der Waals surface area contributed by atoms with Crippen LogP contribution in [0.15, 0.2) is 48.5 Å². The fourth-order valence-electron chi connectivity index (χ4n) is 2.03. The van der Waals surface area contributed by atoms with E-state index >= 15 is 0 Å². The highest BCUT2D eigenvalue weighted by Crippen LogP contribution is 2.25. The Labute approximate surface area is 154 Å². The zero-order valence-corrected chi connectivity index (χ0v) is 14.5. The highest BCUT2D eigenvalue weighted by molar-refractivity contribution is 6.32. The molecule has 0 spiro atoms. The van der Waals surface area contributed by atoms with Crippen molar-refractivity contribution in [3.05, 3.63) is 74.8 Å². The van der Waals surface area contributed by atoms with Crippen LogP contribution in [0.5, 0.6) is 0 Å². The number of nitrogens with one attached hydrogen (secondary N) is 1. The molecule has 0 saturated heterocycles. The third-order valence-electron chi connectivity index (χ3n) is 3.26. The molecule has 2 rings (SSSR count). The first-order valence-electron chi connectivity index (χ1n) is 7.61. The van der Waals surface area contributed by atoms with E-state index in [1.165, 1.54) is 24.3 Å². The van der Waals surface area contributed by atoms with E-state index < -0.39 is 16.8 Å². The Balaban J connectivity index is 2.02. The first kappa shape index (κ1) is 19.1. The predicted molar refractivity (Wildman–Crippen MR) is 98.2 cm³/mol. The molecule has 0 saturated carbocycles. The molecule has 0 fully saturated rings. The number of halogens is 1. The van der Waals surface area contributed by atoms with Crippen molar-refractivity contribution in [2.75, 3.05) is 11.9 Å². The fraction of sp³-hybridized carbons (Fsp3) is 0.111. The maximum absolute atomic E-state index is 11.9. The topological polar surface area (TPSA) is 98.5 Å². The van der Waals surface area contributed by atoms with Gasteiger partial charge in [-0.3, -0.25) is 14.9 Å². The molecule has 0 atom stereocenters. The molecule has 1 N–H and O–H groups in total. The lowest BCUT2D eigenvalue weighted by Gasteiger charge is -2.04. The molecule has 0 bridgehead atoms. The van der Waals surface area contributed by atoms with Gasteiger partial charge in [0, 0.05) is 17.8 Å². The number of carbonyl (C=O) groups excluding carboxylic acids is 2. The van der Waals surface area contributed by atoms with Gasteiger partial charge >= 0.3 is 5.97 Å². The second kappa shape index (κ2) is 8.77. The van der Waals surface area contributed by atoms with Crippen molar-refractivity contribution in [3.63, 3.8) is 0 Å². The number of benzene rings is 2. The molecule has 0 unspecified atom stereocenters. The summed E-state index contributed by atoms with van der Waals surface area (Å²) >= 11 is 5.74. The van der Waals surface area contributed by atoms with E-state index in [1.807, 2.05) is 0 Å². The molecule has 0 radical (unpaired) electrons. The number of hydrogen-bond donors (Lipinski definition) is 1. The van der Waals surface area contributed by atoms with Crippen molar-refractivity contribution in [1.29, 1.82) is 0 Å². The number of anilines is 1. The molecule has 0 heterocycles. The van der Waals surface area contributed by atoms with Crippen LogP contribution in [-0.2, 0) is 9.53 Å². The van der Waals surface area contributed by atoms with Crippen LogP contribution in [-0.4, -0.2) is 23.4 Å². The van der Waals surface area contributed by atoms with Gasteiger partial charge in [0.25, 0.3) is 5.69 Å². The van der Waals surface area contributed by atoms with Gasteiger partial charge in [0.2, 0.25) is 5.91 Å². The van der Waals surface area contributed by atoms with E-state index in [-0.39, 0.29) is 17.3 Å². The van der Waals surface area contributed by atoms with Gasteiger partial charge in [-0.2, -0.15) is 0 Å². The molecule has 2 aromatic rings. The summed E-state index contributed by atoms with van der Waals surface area (Å²) in [6.45, 7) is 2.00. The molecule has 0 aliphatic rings. The van der Waals surface area contributed by atoms with Gasteiger partial charge in [0.1, 0.15) is 5.02 Å². The standard InChI is InChI=1S/C18H15ClN2O5/c1-2-26-18(23)13-5-7-14(8-6-13)20-17(22)10-4-12-3-9-15(19)16(11-12)21(24)25/h3-11H,2H2,1H3,(H,20,22)/b10-4+. The lowest BCUT2D eigenvalue weighted by molar-refractivity contribution is -0.384. The lowest BCUT2D eigenvalue weighted by atomic mass is 10.2. The number of rotatable bonds is 6. The van der Waals surface area contributed by atoms with Crippen LogP contribution in [0, 0.1) is 10.1 Å². The highest BCUT2D eigenvalue weighted by Gasteiger charge is 2.11. The summed E-state index contributed by atoms with van der Waals surface area (Å²) in [6, 6.07) is 10.5. The average molecular weight is 375 g/mol. The molecule has 2 aromatic carbocycles. The minimum atomic E-state index is -0.592. The molecular formula is C18H15ClN2O5. The van der Waals surface area contributed by atoms with Crippen molar-refractivity contribution in [3.8, 4) is 0 Å². The maximum Gasteiger partial charge on any atom is 0.338 e. The van der Waals surface area contributed by atoms with E-state index in [0.717, 1.165) is 0 Å². The molecule has 0 aromatic heterocycles. The van der Waals surface area contributed by atoms with Gasteiger partial charge in [0.05, 0.1) is 17.1 Å². The summed E-state index contributed by atoms with van der Waals surface area (Å²) in [6.07, 6.45) is 2.68. The third kappa shape index (κ3) is 5.15. The summed E-state index contributed by atoms with van der Waals surface area (Å²) in [7, 11) is 0. The second-order valence-electron chi connectivity index (χ2n) is 5.09. The van der Waals surface area contributed by atoms with Crippen LogP contribution in [0.4, 0.5) is 11.4 Å². The largest absolute Gasteiger partial charge is 0.462 e. The third-order valence-corrected chi connectivity index (χ3v) is 3.58. The normalized spacial score (nSPS) is 10.5. The van der Waals surface area contributed by atoms with Crippen LogP contribution in [0.1, 0.15) is 22.8 Å². The van der Waals surface area contributed by atoms with E-state index in [0.29, 0.717) is 16.8 Å². The molecule has 0 aliphatic heterocycles. The van der Waals surface area contributed by atoms with Crippen molar-refractivity contribution in [1.82, 2.24) is 0 Å². The maximum atomic E-state index is 11.9. The van der Waals surface area contributed by atoms with E-state index in [2.05, 4.69) is 5.32 Å². The number of nitro groups is 1. The molecule has 1 amide bonds. The molecule has 26 heavy (non-hydrogen) atoms. The fourth-order valence-corrected chi connectivity index (χ4v) is 2.22. The molecular weight excluding hydrogens is 360 g/mol. The second-order valence-corrected chi connectivity index (χ2v) is 5.50. The minimum absolute atomic E-state index is 0.0262. The number of ether oxygens (including phenoxy) is 1. The van der Waals surface area contributed by atoms with Gasteiger partial charge in [-0.05, 0) is 48.9 Å². The van der Waals surface area contributed by atoms with Gasteiger partial charge in [-0.1, -0.05) is 17.7 Å². The Bertz CT molecular complexity index is 862. The zero-order chi connectivity index (χ0) is 19.1. The van der Waals surface area contributed by atoms with Gasteiger partial charge in [-0.25, -0.2) is 4.79 Å². The first-order valence-corrected chi connectivity index (χ1v) is 7.98. The van der Waals surface area contributed by atoms with Crippen molar-refractivity contribution in [2.45, 2.75) is 6.92 Å². The summed E-state index contributed by atoms with van der Waals surface area (Å²) < 4.78 is 4.88. The van der Waals surface area contributed by atoms with Crippen molar-refractivity contribution < 1.29 is 19.2 Å². The number of amides is 1. The highest BCUT2D eigenvalue weighted by atomic mass is 35.5. The number of carbonyl (C=O) groups is 2. The quantitative estimate of drug-likeness (QED) is 0.355. The summed E-state index contributed by atoms with van der Waals surface area (Å²) in [5, 5.41) is 13.5. The summed E-state index contributed by atoms with van der Waals surface area (Å²) in [4.78, 5) is 33.8. The Morgan fingerprint density at radius 3 is 2.54 bits per heavy atom. The summed E-state index contributed by atoms with van der Waals surface area (Å²) in [5.41, 5.74) is 1.11. The smallest absolute Gasteiger partial charge is 0.338 e. The van der Waals surface area contributed by atoms with Crippen molar-refractivity contribution >= 4 is 40.9 Å². The number of esters is 1. The number of hydrogen-bond acceptors (Lipinski definition) is 5. The lowest BCUT2D eigenvalue weighted by Crippen LogP contribution is -2.08. The Morgan fingerprint density at radius 2 is 1.92 bits per heavy atom. The van der Waals surface area contributed by atoms with E-state index in [4.69, 9.17) is 16.3 Å². The molecule has 8 heteroatoms. The Hall–Kier alpha value is -3.19. The number of nitro benzene ring substituents is 1. The Kier molecular flexibility index (Phi) is 6.46. The zero-order valence-electron chi connectivity index (χ0n) is 13.8. The van der Waals surface area contributed by atoms with Crippen LogP contribution in [0.25, 0.3) is 6.08 Å². The van der Waals surface area contributed by atoms with E-state index in [1.54, 1.807) is 37.3 Å². The van der Waals surface area contributed by atoms with Gasteiger partial charge in [-0.15, -0.1) is 0 Å². The average Bonchev–Trinajstić information content (AvgIpc) is 2.61. The molecule has 0 aliphatic carbocycles. The predicted octanol–water partition coefficient (Wildman–Crippen LogP) is 4.08. The van der Waals surface area contributed by atoms with Crippen LogP contribution < -0.4 is 5.32 Å². The number of nitrogens with zero attached hydrogens (tertiary/aromatic N) is 1. The van der Waals surface area contributed by atoms with Gasteiger partial charge in [0.15, 0.2) is 0 Å². The monoisotopic (exact) mass is 374 g/mol. The summed E-state index contributed by atoms with van der Waals surface area (Å²) in [5.74, 6) is -0.860. The minimum Gasteiger partial charge on any atom is -0.462 e. The van der Waals surface area contributed by atoms with Crippen molar-refractivity contribution in [2.24, 2.45) is 0 Å².